The summed E-state index contributed by atoms with van der Waals surface area (Å²) < 4.78 is 0. The van der Waals surface area contributed by atoms with Gasteiger partial charge >= 0.3 is 0 Å². The number of hydrogen-bond acceptors (Lipinski definition) is 3. The molecule has 116 valence electrons. The van der Waals surface area contributed by atoms with Crippen LogP contribution in [-0.2, 0) is 0 Å². The maximum Gasteiger partial charge on any atom is 0.124 e. The highest BCUT2D eigenvalue weighted by molar-refractivity contribution is 6.06. The number of aliphatic imine (C=N–C) groups is 1. The molecule has 0 bridgehead atoms. The summed E-state index contributed by atoms with van der Waals surface area (Å²) in [5, 5.41) is 14.2. The standard InChI is InChI=1S/C21H16N2O/c22-18-9-3-6-15-7-4-10-19(21(15)18)23-13-17-16-8-2-1-5-14(16)11-12-20(17)24/h1-13,24H,22H2. The van der Waals surface area contributed by atoms with E-state index >= 15 is 0 Å². The highest BCUT2D eigenvalue weighted by atomic mass is 16.3. The number of nitrogens with zero attached hydrogens (tertiary/aromatic N) is 1. The second kappa shape index (κ2) is 5.70. The van der Waals surface area contributed by atoms with Gasteiger partial charge in [0.05, 0.1) is 5.69 Å². The second-order valence-electron chi connectivity index (χ2n) is 5.70. The lowest BCUT2D eigenvalue weighted by atomic mass is 10.0. The molecule has 3 heteroatoms. The van der Waals surface area contributed by atoms with Gasteiger partial charge in [-0.1, -0.05) is 54.6 Å². The van der Waals surface area contributed by atoms with Crippen LogP contribution in [-0.4, -0.2) is 11.3 Å². The molecule has 0 amide bonds. The van der Waals surface area contributed by atoms with Crippen molar-refractivity contribution < 1.29 is 5.11 Å². The summed E-state index contributed by atoms with van der Waals surface area (Å²) in [4.78, 5) is 4.61. The van der Waals surface area contributed by atoms with E-state index < -0.39 is 0 Å². The highest BCUT2D eigenvalue weighted by Crippen LogP contribution is 2.32. The van der Waals surface area contributed by atoms with Crippen LogP contribution in [0.15, 0.2) is 77.8 Å². The zero-order valence-corrected chi connectivity index (χ0v) is 13.0. The number of fused-ring (bicyclic) bond motifs is 2. The zero-order chi connectivity index (χ0) is 16.5. The Morgan fingerprint density at radius 3 is 2.42 bits per heavy atom. The summed E-state index contributed by atoms with van der Waals surface area (Å²) in [6.07, 6.45) is 1.71. The predicted octanol–water partition coefficient (Wildman–Crippen LogP) is 5.03. The maximum absolute atomic E-state index is 10.2. The maximum atomic E-state index is 10.2. The lowest BCUT2D eigenvalue weighted by Crippen LogP contribution is -1.88. The highest BCUT2D eigenvalue weighted by Gasteiger charge is 2.06. The van der Waals surface area contributed by atoms with Crippen molar-refractivity contribution in [3.63, 3.8) is 0 Å². The smallest absolute Gasteiger partial charge is 0.124 e. The van der Waals surface area contributed by atoms with E-state index in [9.17, 15) is 5.11 Å². The molecule has 24 heavy (non-hydrogen) atoms. The van der Waals surface area contributed by atoms with Crippen LogP contribution in [0.4, 0.5) is 11.4 Å². The van der Waals surface area contributed by atoms with Gasteiger partial charge in [0.1, 0.15) is 5.75 Å². The number of aromatic hydroxyl groups is 1. The first-order valence-electron chi connectivity index (χ1n) is 7.76. The minimum absolute atomic E-state index is 0.214. The summed E-state index contributed by atoms with van der Waals surface area (Å²) in [6.45, 7) is 0. The van der Waals surface area contributed by atoms with Gasteiger partial charge in [0.25, 0.3) is 0 Å². The molecule has 0 aliphatic rings. The van der Waals surface area contributed by atoms with Gasteiger partial charge in [-0.25, -0.2) is 0 Å². The average molecular weight is 312 g/mol. The fraction of sp³-hybridized carbons (Fsp3) is 0. The van der Waals surface area contributed by atoms with Gasteiger partial charge in [-0.2, -0.15) is 0 Å². The van der Waals surface area contributed by atoms with Crippen molar-refractivity contribution in [2.24, 2.45) is 4.99 Å². The van der Waals surface area contributed by atoms with E-state index in [0.717, 1.165) is 27.2 Å². The van der Waals surface area contributed by atoms with Crippen molar-refractivity contribution in [1.82, 2.24) is 0 Å². The van der Waals surface area contributed by atoms with Crippen LogP contribution < -0.4 is 5.73 Å². The van der Waals surface area contributed by atoms with E-state index in [0.29, 0.717) is 11.3 Å². The van der Waals surface area contributed by atoms with Crippen LogP contribution in [0, 0.1) is 0 Å². The van der Waals surface area contributed by atoms with Crippen molar-refractivity contribution in [2.75, 3.05) is 5.73 Å². The molecule has 0 spiro atoms. The summed E-state index contributed by atoms with van der Waals surface area (Å²) >= 11 is 0. The largest absolute Gasteiger partial charge is 0.507 e. The van der Waals surface area contributed by atoms with Crippen LogP contribution in [0.5, 0.6) is 5.75 Å². The van der Waals surface area contributed by atoms with E-state index in [1.807, 2.05) is 66.7 Å². The third-order valence-corrected chi connectivity index (χ3v) is 4.20. The topological polar surface area (TPSA) is 58.6 Å². The predicted molar refractivity (Wildman–Crippen MR) is 101 cm³/mol. The molecule has 3 N–H and O–H groups in total. The second-order valence-corrected chi connectivity index (χ2v) is 5.70. The molecule has 0 atom stereocenters. The first kappa shape index (κ1) is 14.3. The van der Waals surface area contributed by atoms with E-state index in [1.54, 1.807) is 12.3 Å². The Bertz CT molecular complexity index is 1080. The van der Waals surface area contributed by atoms with Gasteiger partial charge in [0, 0.05) is 22.9 Å². The SMILES string of the molecule is Nc1cccc2cccc(N=Cc3c(O)ccc4ccccc34)c12. The molecule has 3 nitrogen and oxygen atoms in total. The molecular weight excluding hydrogens is 296 g/mol. The Hall–Kier alpha value is -3.33. The third-order valence-electron chi connectivity index (χ3n) is 4.20. The quantitative estimate of drug-likeness (QED) is 0.403. The molecule has 0 unspecified atom stereocenters. The lowest BCUT2D eigenvalue weighted by Gasteiger charge is -2.07. The van der Waals surface area contributed by atoms with E-state index in [4.69, 9.17) is 5.73 Å². The normalized spacial score (nSPS) is 11.5. The van der Waals surface area contributed by atoms with Crippen LogP contribution in [0.3, 0.4) is 0 Å². The Morgan fingerprint density at radius 2 is 1.54 bits per heavy atom. The van der Waals surface area contributed by atoms with E-state index in [1.165, 1.54) is 0 Å². The Morgan fingerprint density at radius 1 is 0.792 bits per heavy atom. The number of nitrogen functional groups attached to an aromatic ring is 1. The van der Waals surface area contributed by atoms with Gasteiger partial charge in [-0.05, 0) is 34.4 Å². The molecule has 4 rings (SSSR count). The number of nitrogens with two attached hydrogens (primary N) is 1. The number of benzene rings is 4. The monoisotopic (exact) mass is 312 g/mol. The molecule has 0 aliphatic carbocycles. The molecule has 0 radical (unpaired) electrons. The minimum Gasteiger partial charge on any atom is -0.507 e. The minimum atomic E-state index is 0.214. The fourth-order valence-electron chi connectivity index (χ4n) is 3.01. The molecule has 4 aromatic rings. The molecule has 0 saturated carbocycles. The number of phenols is 1. The van der Waals surface area contributed by atoms with E-state index in [-0.39, 0.29) is 5.75 Å². The van der Waals surface area contributed by atoms with Gasteiger partial charge in [-0.15, -0.1) is 0 Å². The number of rotatable bonds is 2. The number of hydrogen-bond donors (Lipinski definition) is 2. The molecule has 0 aliphatic heterocycles. The Kier molecular flexibility index (Phi) is 3.39. The summed E-state index contributed by atoms with van der Waals surface area (Å²) in [5.74, 6) is 0.214. The van der Waals surface area contributed by atoms with Crippen molar-refractivity contribution >= 4 is 39.1 Å². The number of anilines is 1. The van der Waals surface area contributed by atoms with Gasteiger partial charge < -0.3 is 10.8 Å². The van der Waals surface area contributed by atoms with Crippen molar-refractivity contribution in [1.29, 1.82) is 0 Å². The fourth-order valence-corrected chi connectivity index (χ4v) is 3.01. The van der Waals surface area contributed by atoms with Crippen molar-refractivity contribution in [2.45, 2.75) is 0 Å². The third kappa shape index (κ3) is 2.36. The van der Waals surface area contributed by atoms with Crippen LogP contribution in [0.1, 0.15) is 5.56 Å². The van der Waals surface area contributed by atoms with Crippen molar-refractivity contribution in [3.8, 4) is 5.75 Å². The summed E-state index contributed by atoms with van der Waals surface area (Å²) in [7, 11) is 0. The molecular formula is C21H16N2O. The Labute approximate surface area is 139 Å². The van der Waals surface area contributed by atoms with Crippen LogP contribution >= 0.6 is 0 Å². The molecule has 0 fully saturated rings. The van der Waals surface area contributed by atoms with Crippen molar-refractivity contribution in [3.05, 3.63) is 78.4 Å². The lowest BCUT2D eigenvalue weighted by molar-refractivity contribution is 0.475. The van der Waals surface area contributed by atoms with Gasteiger partial charge in [0.2, 0.25) is 0 Å². The first-order chi connectivity index (χ1) is 11.7. The average Bonchev–Trinajstić information content (AvgIpc) is 2.61. The molecule has 0 heterocycles. The molecule has 4 aromatic carbocycles. The number of phenolic OH excluding ortho intramolecular Hbond substituents is 1. The molecule has 0 aromatic heterocycles. The van der Waals surface area contributed by atoms with Gasteiger partial charge in [-0.3, -0.25) is 4.99 Å². The summed E-state index contributed by atoms with van der Waals surface area (Å²) in [6, 6.07) is 23.2. The molecule has 0 saturated heterocycles. The first-order valence-corrected chi connectivity index (χ1v) is 7.76. The Balaban J connectivity index is 1.89. The van der Waals surface area contributed by atoms with Gasteiger partial charge in [0.15, 0.2) is 0 Å². The summed E-state index contributed by atoms with van der Waals surface area (Å²) in [5.41, 5.74) is 8.32. The van der Waals surface area contributed by atoms with E-state index in [2.05, 4.69) is 4.99 Å². The van der Waals surface area contributed by atoms with Crippen LogP contribution in [0.2, 0.25) is 0 Å². The van der Waals surface area contributed by atoms with Crippen LogP contribution in [0.25, 0.3) is 21.5 Å². The zero-order valence-electron chi connectivity index (χ0n) is 13.0.